The Bertz CT molecular complexity index is 928. The van der Waals surface area contributed by atoms with Gasteiger partial charge in [0.15, 0.2) is 0 Å². The Balaban J connectivity index is 1.65. The summed E-state index contributed by atoms with van der Waals surface area (Å²) in [4.78, 5) is 36.5. The molecule has 0 saturated carbocycles. The number of imide groups is 1. The number of amides is 2. The SMILES string of the molecule is Cn1c(=O)n(C2CCC(=O)NC2=O)c2ccc(CCCCCCCCCN)cc21. The number of benzene rings is 1. The molecular weight excluding hydrogens is 368 g/mol. The minimum absolute atomic E-state index is 0.218. The zero-order valence-electron chi connectivity index (χ0n) is 17.3. The lowest BCUT2D eigenvalue weighted by Gasteiger charge is -2.21. The smallest absolute Gasteiger partial charge is 0.329 e. The van der Waals surface area contributed by atoms with Crippen LogP contribution in [0.1, 0.15) is 69.4 Å². The number of unbranched alkanes of at least 4 members (excludes halogenated alkanes) is 6. The van der Waals surface area contributed by atoms with E-state index in [4.69, 9.17) is 5.73 Å². The number of nitrogens with two attached hydrogens (primary N) is 1. The molecule has 1 aromatic heterocycles. The molecule has 3 N–H and O–H groups in total. The second kappa shape index (κ2) is 9.87. The van der Waals surface area contributed by atoms with Gasteiger partial charge in [0, 0.05) is 13.5 Å². The summed E-state index contributed by atoms with van der Waals surface area (Å²) in [6, 6.07) is 5.41. The van der Waals surface area contributed by atoms with E-state index in [1.807, 2.05) is 12.1 Å². The van der Waals surface area contributed by atoms with Gasteiger partial charge < -0.3 is 5.73 Å². The Hall–Kier alpha value is -2.41. The molecule has 0 aliphatic carbocycles. The maximum absolute atomic E-state index is 12.8. The standard InChI is InChI=1S/C22H32N4O3/c1-25-19-15-16(9-7-5-3-2-4-6-8-14-23)10-11-17(19)26(22(25)29)18-12-13-20(27)24-21(18)28/h10-11,15,18H,2-9,12-14,23H2,1H3,(H,24,27,28). The number of carbonyl (C=O) groups is 2. The topological polar surface area (TPSA) is 99.1 Å². The molecule has 2 aromatic rings. The predicted molar refractivity (Wildman–Crippen MR) is 114 cm³/mol. The summed E-state index contributed by atoms with van der Waals surface area (Å²) in [6.07, 6.45) is 10.1. The van der Waals surface area contributed by atoms with Crippen LogP contribution in [0.2, 0.25) is 0 Å². The molecule has 1 unspecified atom stereocenters. The van der Waals surface area contributed by atoms with E-state index in [-0.39, 0.29) is 18.0 Å². The Morgan fingerprint density at radius 3 is 2.38 bits per heavy atom. The Kier molecular flexibility index (Phi) is 7.25. The molecule has 1 saturated heterocycles. The van der Waals surface area contributed by atoms with Crippen molar-refractivity contribution in [3.05, 3.63) is 34.2 Å². The lowest BCUT2D eigenvalue weighted by Crippen LogP contribution is -2.44. The molecular formula is C22H32N4O3. The highest BCUT2D eigenvalue weighted by atomic mass is 16.2. The molecule has 2 amide bonds. The Labute approximate surface area is 171 Å². The Morgan fingerprint density at radius 2 is 1.69 bits per heavy atom. The molecule has 1 aromatic carbocycles. The summed E-state index contributed by atoms with van der Waals surface area (Å²) in [5, 5.41) is 2.34. The van der Waals surface area contributed by atoms with Crippen LogP contribution in [0, 0.1) is 0 Å². The molecule has 0 radical (unpaired) electrons. The molecule has 3 rings (SSSR count). The third kappa shape index (κ3) is 4.96. The van der Waals surface area contributed by atoms with Crippen LogP contribution in [0.4, 0.5) is 0 Å². The highest BCUT2D eigenvalue weighted by Crippen LogP contribution is 2.24. The number of hydrogen-bond donors (Lipinski definition) is 2. The van der Waals surface area contributed by atoms with E-state index in [1.54, 1.807) is 11.6 Å². The molecule has 1 fully saturated rings. The number of nitrogens with zero attached hydrogens (tertiary/aromatic N) is 2. The second-order valence-corrected chi connectivity index (χ2v) is 8.02. The molecule has 1 aliphatic rings. The molecule has 0 bridgehead atoms. The number of nitrogens with one attached hydrogen (secondary N) is 1. The van der Waals surface area contributed by atoms with Crippen LogP contribution < -0.4 is 16.7 Å². The van der Waals surface area contributed by atoms with E-state index >= 15 is 0 Å². The molecule has 7 nitrogen and oxygen atoms in total. The third-order valence-electron chi connectivity index (χ3n) is 5.85. The zero-order valence-corrected chi connectivity index (χ0v) is 17.3. The number of carbonyl (C=O) groups excluding carboxylic acids is 2. The van der Waals surface area contributed by atoms with Crippen molar-refractivity contribution >= 4 is 22.8 Å². The van der Waals surface area contributed by atoms with E-state index in [9.17, 15) is 14.4 Å². The number of piperidine rings is 1. The highest BCUT2D eigenvalue weighted by molar-refractivity contribution is 6.00. The quantitative estimate of drug-likeness (QED) is 0.473. The third-order valence-corrected chi connectivity index (χ3v) is 5.85. The van der Waals surface area contributed by atoms with Crippen molar-refractivity contribution in [2.45, 2.75) is 70.3 Å². The van der Waals surface area contributed by atoms with Gasteiger partial charge in [0.25, 0.3) is 0 Å². The first-order chi connectivity index (χ1) is 14.0. The summed E-state index contributed by atoms with van der Waals surface area (Å²) in [5.74, 6) is -0.674. The fourth-order valence-corrected chi connectivity index (χ4v) is 4.15. The van der Waals surface area contributed by atoms with Crippen LogP contribution in [0.15, 0.2) is 23.0 Å². The van der Waals surface area contributed by atoms with Crippen molar-refractivity contribution < 1.29 is 9.59 Å². The summed E-state index contributed by atoms with van der Waals surface area (Å²) in [6.45, 7) is 0.788. The predicted octanol–water partition coefficient (Wildman–Crippen LogP) is 2.55. The Morgan fingerprint density at radius 1 is 1.00 bits per heavy atom. The van der Waals surface area contributed by atoms with Crippen molar-refractivity contribution in [2.24, 2.45) is 12.8 Å². The van der Waals surface area contributed by atoms with Gasteiger partial charge in [-0.15, -0.1) is 0 Å². The summed E-state index contributed by atoms with van der Waals surface area (Å²) in [5.41, 5.74) is 8.08. The number of fused-ring (bicyclic) bond motifs is 1. The molecule has 1 aliphatic heterocycles. The van der Waals surface area contributed by atoms with Gasteiger partial charge in [0.1, 0.15) is 6.04 Å². The first-order valence-corrected chi connectivity index (χ1v) is 10.8. The molecule has 158 valence electrons. The van der Waals surface area contributed by atoms with Gasteiger partial charge in [0.05, 0.1) is 11.0 Å². The lowest BCUT2D eigenvalue weighted by molar-refractivity contribution is -0.135. The van der Waals surface area contributed by atoms with Crippen molar-refractivity contribution in [1.29, 1.82) is 0 Å². The van der Waals surface area contributed by atoms with Gasteiger partial charge in [-0.25, -0.2) is 4.79 Å². The fraction of sp³-hybridized carbons (Fsp3) is 0.591. The van der Waals surface area contributed by atoms with Crippen LogP contribution in [-0.4, -0.2) is 27.5 Å². The van der Waals surface area contributed by atoms with Crippen molar-refractivity contribution in [3.63, 3.8) is 0 Å². The molecule has 0 spiro atoms. The van der Waals surface area contributed by atoms with Gasteiger partial charge in [-0.1, -0.05) is 38.2 Å². The van der Waals surface area contributed by atoms with E-state index < -0.39 is 11.9 Å². The summed E-state index contributed by atoms with van der Waals surface area (Å²) in [7, 11) is 1.73. The van der Waals surface area contributed by atoms with Gasteiger partial charge >= 0.3 is 5.69 Å². The second-order valence-electron chi connectivity index (χ2n) is 8.02. The molecule has 1 atom stereocenters. The van der Waals surface area contributed by atoms with Crippen LogP contribution in [0.3, 0.4) is 0 Å². The monoisotopic (exact) mass is 400 g/mol. The minimum atomic E-state index is -0.631. The molecule has 29 heavy (non-hydrogen) atoms. The maximum Gasteiger partial charge on any atom is 0.329 e. The van der Waals surface area contributed by atoms with Crippen LogP contribution >= 0.6 is 0 Å². The van der Waals surface area contributed by atoms with E-state index in [0.29, 0.717) is 6.42 Å². The average Bonchev–Trinajstić information content (AvgIpc) is 2.95. The van der Waals surface area contributed by atoms with Crippen LogP contribution in [-0.2, 0) is 23.1 Å². The van der Waals surface area contributed by atoms with E-state index in [0.717, 1.165) is 36.8 Å². The minimum Gasteiger partial charge on any atom is -0.330 e. The number of hydrogen-bond acceptors (Lipinski definition) is 4. The average molecular weight is 401 g/mol. The first-order valence-electron chi connectivity index (χ1n) is 10.8. The normalized spacial score (nSPS) is 17.1. The van der Waals surface area contributed by atoms with Gasteiger partial charge in [-0.3, -0.25) is 24.0 Å². The van der Waals surface area contributed by atoms with Gasteiger partial charge in [-0.05, 0) is 49.9 Å². The van der Waals surface area contributed by atoms with Crippen molar-refractivity contribution in [3.8, 4) is 0 Å². The van der Waals surface area contributed by atoms with Crippen LogP contribution in [0.25, 0.3) is 11.0 Å². The maximum atomic E-state index is 12.8. The highest BCUT2D eigenvalue weighted by Gasteiger charge is 2.31. The largest absolute Gasteiger partial charge is 0.330 e. The van der Waals surface area contributed by atoms with Gasteiger partial charge in [-0.2, -0.15) is 0 Å². The van der Waals surface area contributed by atoms with Crippen molar-refractivity contribution in [1.82, 2.24) is 14.5 Å². The van der Waals surface area contributed by atoms with Crippen molar-refractivity contribution in [2.75, 3.05) is 6.54 Å². The van der Waals surface area contributed by atoms with E-state index in [2.05, 4.69) is 11.4 Å². The number of aromatic nitrogens is 2. The molecule has 7 heteroatoms. The lowest BCUT2D eigenvalue weighted by atomic mass is 10.0. The summed E-state index contributed by atoms with van der Waals surface area (Å²) < 4.78 is 3.13. The van der Waals surface area contributed by atoms with Crippen LogP contribution in [0.5, 0.6) is 0 Å². The van der Waals surface area contributed by atoms with E-state index in [1.165, 1.54) is 42.2 Å². The summed E-state index contributed by atoms with van der Waals surface area (Å²) >= 11 is 0. The zero-order chi connectivity index (χ0) is 20.8. The first kappa shape index (κ1) is 21.3. The number of aryl methyl sites for hydroxylation is 2. The molecule has 2 heterocycles. The van der Waals surface area contributed by atoms with Gasteiger partial charge in [0.2, 0.25) is 11.8 Å². The number of imidazole rings is 1. The number of rotatable bonds is 10. The fourth-order valence-electron chi connectivity index (χ4n) is 4.15.